The number of rotatable bonds is 6. The predicted octanol–water partition coefficient (Wildman–Crippen LogP) is 6.09. The second-order valence-corrected chi connectivity index (χ2v) is 10.2. The Kier molecular flexibility index (Phi) is 7.12. The lowest BCUT2D eigenvalue weighted by Crippen LogP contribution is -2.47. The summed E-state index contributed by atoms with van der Waals surface area (Å²) in [4.78, 5) is 26.9. The van der Waals surface area contributed by atoms with E-state index in [4.69, 9.17) is 0 Å². The monoisotopic (exact) mass is 409 g/mol. The van der Waals surface area contributed by atoms with E-state index in [1.807, 2.05) is 54.4 Å². The van der Waals surface area contributed by atoms with Gasteiger partial charge in [0.2, 0.25) is 0 Å². The zero-order chi connectivity index (χ0) is 22.7. The third-order valence-corrected chi connectivity index (χ3v) is 5.88. The number of hydrogen-bond donors (Lipinski definition) is 1. The van der Waals surface area contributed by atoms with E-state index >= 15 is 0 Å². The third kappa shape index (κ3) is 5.50. The maximum atomic E-state index is 13.2. The summed E-state index contributed by atoms with van der Waals surface area (Å²) in [5, 5.41) is 9.76. The standard InChI is InChI=1S/C26H35NO3/c1-25(2,3)21(19-15-11-12-16-20(19)24(29)30)17-22(26(4,5)6)27(7)23(28)18-13-9-8-10-14-18/h8-16,21-22H,17H2,1-7H3,(H,29,30). The van der Waals surface area contributed by atoms with Crippen LogP contribution in [0.3, 0.4) is 0 Å². The number of carboxylic acids is 1. The van der Waals surface area contributed by atoms with E-state index in [2.05, 4.69) is 41.5 Å². The van der Waals surface area contributed by atoms with Crippen LogP contribution in [0.15, 0.2) is 54.6 Å². The maximum absolute atomic E-state index is 13.2. The van der Waals surface area contributed by atoms with Gasteiger partial charge in [-0.05, 0) is 46.9 Å². The van der Waals surface area contributed by atoms with Crippen molar-refractivity contribution in [3.63, 3.8) is 0 Å². The molecule has 0 aliphatic carbocycles. The van der Waals surface area contributed by atoms with Gasteiger partial charge in [0, 0.05) is 18.7 Å². The maximum Gasteiger partial charge on any atom is 0.335 e. The van der Waals surface area contributed by atoms with Crippen molar-refractivity contribution in [3.8, 4) is 0 Å². The second kappa shape index (κ2) is 9.03. The minimum Gasteiger partial charge on any atom is -0.478 e. The lowest BCUT2D eigenvalue weighted by molar-refractivity contribution is 0.0525. The summed E-state index contributed by atoms with van der Waals surface area (Å²) in [6.45, 7) is 12.8. The van der Waals surface area contributed by atoms with Crippen LogP contribution in [0.4, 0.5) is 0 Å². The summed E-state index contributed by atoms with van der Waals surface area (Å²) in [6.07, 6.45) is 0.673. The number of carbonyl (C=O) groups excluding carboxylic acids is 1. The predicted molar refractivity (Wildman–Crippen MR) is 122 cm³/mol. The fourth-order valence-electron chi connectivity index (χ4n) is 4.18. The minimum absolute atomic E-state index is 0.0188. The Balaban J connectivity index is 2.49. The molecule has 30 heavy (non-hydrogen) atoms. The van der Waals surface area contributed by atoms with Gasteiger partial charge in [0.25, 0.3) is 5.91 Å². The van der Waals surface area contributed by atoms with Gasteiger partial charge in [-0.2, -0.15) is 0 Å². The number of hydrogen-bond acceptors (Lipinski definition) is 2. The molecule has 4 heteroatoms. The molecule has 1 N–H and O–H groups in total. The first-order chi connectivity index (χ1) is 13.8. The van der Waals surface area contributed by atoms with Gasteiger partial charge in [-0.25, -0.2) is 4.79 Å². The fourth-order valence-corrected chi connectivity index (χ4v) is 4.18. The highest BCUT2D eigenvalue weighted by Crippen LogP contribution is 2.43. The molecule has 0 heterocycles. The third-order valence-electron chi connectivity index (χ3n) is 5.88. The van der Waals surface area contributed by atoms with Gasteiger partial charge in [0.1, 0.15) is 0 Å². The van der Waals surface area contributed by atoms with Crippen LogP contribution in [0.25, 0.3) is 0 Å². The van der Waals surface area contributed by atoms with Crippen LogP contribution in [-0.2, 0) is 0 Å². The van der Waals surface area contributed by atoms with Gasteiger partial charge < -0.3 is 10.0 Å². The molecule has 2 aromatic rings. The molecule has 0 radical (unpaired) electrons. The smallest absolute Gasteiger partial charge is 0.335 e. The van der Waals surface area contributed by atoms with Crippen LogP contribution >= 0.6 is 0 Å². The summed E-state index contributed by atoms with van der Waals surface area (Å²) >= 11 is 0. The Morgan fingerprint density at radius 2 is 1.40 bits per heavy atom. The zero-order valence-electron chi connectivity index (χ0n) is 19.3. The van der Waals surface area contributed by atoms with Crippen molar-refractivity contribution < 1.29 is 14.7 Å². The minimum atomic E-state index is -0.916. The van der Waals surface area contributed by atoms with Crippen LogP contribution in [0.2, 0.25) is 0 Å². The Hall–Kier alpha value is -2.62. The molecule has 4 nitrogen and oxygen atoms in total. The molecule has 0 saturated heterocycles. The van der Waals surface area contributed by atoms with E-state index in [-0.39, 0.29) is 28.7 Å². The van der Waals surface area contributed by atoms with Crippen molar-refractivity contribution in [1.82, 2.24) is 4.90 Å². The number of amides is 1. The average Bonchev–Trinajstić information content (AvgIpc) is 2.66. The Labute approximate surface area is 180 Å². The number of nitrogens with zero attached hydrogens (tertiary/aromatic N) is 1. The van der Waals surface area contributed by atoms with Crippen LogP contribution in [-0.4, -0.2) is 35.0 Å². The fraction of sp³-hybridized carbons (Fsp3) is 0.462. The molecule has 2 rings (SSSR count). The van der Waals surface area contributed by atoms with E-state index < -0.39 is 5.97 Å². The van der Waals surface area contributed by atoms with Crippen molar-refractivity contribution in [2.75, 3.05) is 7.05 Å². The molecular formula is C26H35NO3. The number of aromatic carboxylic acids is 1. The van der Waals surface area contributed by atoms with E-state index in [1.54, 1.807) is 12.1 Å². The Morgan fingerprint density at radius 1 is 0.867 bits per heavy atom. The molecule has 0 spiro atoms. The second-order valence-electron chi connectivity index (χ2n) is 10.2. The van der Waals surface area contributed by atoms with Gasteiger partial charge in [-0.3, -0.25) is 4.79 Å². The molecule has 2 unspecified atom stereocenters. The molecule has 0 aromatic heterocycles. The van der Waals surface area contributed by atoms with Gasteiger partial charge in [0.15, 0.2) is 0 Å². The molecule has 0 fully saturated rings. The van der Waals surface area contributed by atoms with Crippen molar-refractivity contribution in [3.05, 3.63) is 71.3 Å². The van der Waals surface area contributed by atoms with Crippen molar-refractivity contribution >= 4 is 11.9 Å². The molecule has 0 aliphatic rings. The molecular weight excluding hydrogens is 374 g/mol. The van der Waals surface area contributed by atoms with Gasteiger partial charge >= 0.3 is 5.97 Å². The number of benzene rings is 2. The van der Waals surface area contributed by atoms with Crippen LogP contribution < -0.4 is 0 Å². The quantitative estimate of drug-likeness (QED) is 0.628. The average molecular weight is 410 g/mol. The van der Waals surface area contributed by atoms with Crippen molar-refractivity contribution in [1.29, 1.82) is 0 Å². The molecule has 162 valence electrons. The highest BCUT2D eigenvalue weighted by atomic mass is 16.4. The van der Waals surface area contributed by atoms with E-state index in [0.29, 0.717) is 17.5 Å². The van der Waals surface area contributed by atoms with Crippen LogP contribution in [0.1, 0.15) is 80.2 Å². The molecule has 1 amide bonds. The van der Waals surface area contributed by atoms with Crippen LogP contribution in [0.5, 0.6) is 0 Å². The first-order valence-corrected chi connectivity index (χ1v) is 10.5. The molecule has 2 atom stereocenters. The van der Waals surface area contributed by atoms with Gasteiger partial charge in [0.05, 0.1) is 5.56 Å². The van der Waals surface area contributed by atoms with E-state index in [9.17, 15) is 14.7 Å². The number of carboxylic acid groups (broad SMARTS) is 1. The van der Waals surface area contributed by atoms with Gasteiger partial charge in [-0.15, -0.1) is 0 Å². The topological polar surface area (TPSA) is 57.6 Å². The Morgan fingerprint density at radius 3 is 1.90 bits per heavy atom. The molecule has 2 aromatic carbocycles. The first-order valence-electron chi connectivity index (χ1n) is 10.5. The summed E-state index contributed by atoms with van der Waals surface area (Å²) in [5.41, 5.74) is 1.47. The summed E-state index contributed by atoms with van der Waals surface area (Å²) < 4.78 is 0. The summed E-state index contributed by atoms with van der Waals surface area (Å²) in [7, 11) is 1.86. The van der Waals surface area contributed by atoms with Crippen LogP contribution in [0, 0.1) is 10.8 Å². The zero-order valence-corrected chi connectivity index (χ0v) is 19.3. The Bertz CT molecular complexity index is 875. The van der Waals surface area contributed by atoms with E-state index in [1.165, 1.54) is 0 Å². The van der Waals surface area contributed by atoms with Crippen molar-refractivity contribution in [2.45, 2.75) is 59.9 Å². The first kappa shape index (κ1) is 23.7. The number of carbonyl (C=O) groups is 2. The summed E-state index contributed by atoms with van der Waals surface area (Å²) in [6, 6.07) is 16.5. The lowest BCUT2D eigenvalue weighted by Gasteiger charge is -2.43. The molecule has 0 saturated carbocycles. The molecule has 0 bridgehead atoms. The highest BCUT2D eigenvalue weighted by molar-refractivity contribution is 5.94. The SMILES string of the molecule is CN(C(=O)c1ccccc1)C(CC(c1ccccc1C(=O)O)C(C)(C)C)C(C)(C)C. The summed E-state index contributed by atoms with van der Waals surface area (Å²) in [5.74, 6) is -0.962. The normalized spacial score (nSPS) is 14.1. The molecule has 0 aliphatic heterocycles. The van der Waals surface area contributed by atoms with Crippen molar-refractivity contribution in [2.24, 2.45) is 10.8 Å². The van der Waals surface area contributed by atoms with Gasteiger partial charge in [-0.1, -0.05) is 77.9 Å². The highest BCUT2D eigenvalue weighted by Gasteiger charge is 2.38. The lowest BCUT2D eigenvalue weighted by atomic mass is 9.68. The largest absolute Gasteiger partial charge is 0.478 e. The van der Waals surface area contributed by atoms with E-state index in [0.717, 1.165) is 5.56 Å².